The lowest BCUT2D eigenvalue weighted by atomic mass is 9.82. The van der Waals surface area contributed by atoms with E-state index in [1.165, 1.54) is 12.8 Å². The van der Waals surface area contributed by atoms with Crippen molar-refractivity contribution >= 4 is 0 Å². The molecule has 0 aromatic rings. The lowest BCUT2D eigenvalue weighted by molar-refractivity contribution is 0.112. The van der Waals surface area contributed by atoms with Crippen LogP contribution in [0.5, 0.6) is 0 Å². The van der Waals surface area contributed by atoms with Crippen molar-refractivity contribution in [2.75, 3.05) is 13.2 Å². The molecule has 1 rings (SSSR count). The average Bonchev–Trinajstić information content (AvgIpc) is 2.69. The summed E-state index contributed by atoms with van der Waals surface area (Å²) < 4.78 is 0. The summed E-state index contributed by atoms with van der Waals surface area (Å²) in [5, 5.41) is 9.07. The first kappa shape index (κ1) is 8.02. The van der Waals surface area contributed by atoms with E-state index in [1.54, 1.807) is 0 Å². The van der Waals surface area contributed by atoms with Crippen LogP contribution < -0.4 is 5.73 Å². The first-order chi connectivity index (χ1) is 4.73. The Balaban J connectivity index is 2.39. The van der Waals surface area contributed by atoms with Crippen LogP contribution in [0.4, 0.5) is 0 Å². The molecule has 2 heteroatoms. The van der Waals surface area contributed by atoms with Crippen LogP contribution >= 0.6 is 0 Å². The Morgan fingerprint density at radius 2 is 2.20 bits per heavy atom. The van der Waals surface area contributed by atoms with E-state index in [9.17, 15) is 0 Å². The van der Waals surface area contributed by atoms with Crippen molar-refractivity contribution < 1.29 is 5.11 Å². The largest absolute Gasteiger partial charge is 0.396 e. The highest BCUT2D eigenvalue weighted by Gasteiger charge is 2.39. The molecule has 1 aliphatic carbocycles. The molecule has 0 aromatic heterocycles. The predicted molar refractivity (Wildman–Crippen MR) is 41.6 cm³/mol. The number of rotatable bonds is 4. The van der Waals surface area contributed by atoms with Gasteiger partial charge in [0.25, 0.3) is 0 Å². The van der Waals surface area contributed by atoms with E-state index in [1.807, 2.05) is 0 Å². The molecule has 0 amide bonds. The number of aliphatic hydroxyl groups is 1. The molecule has 10 heavy (non-hydrogen) atoms. The minimum absolute atomic E-state index is 0.134. The topological polar surface area (TPSA) is 46.2 Å². The van der Waals surface area contributed by atoms with Gasteiger partial charge in [0.1, 0.15) is 0 Å². The van der Waals surface area contributed by atoms with Gasteiger partial charge in [-0.15, -0.1) is 0 Å². The van der Waals surface area contributed by atoms with Gasteiger partial charge in [0.05, 0.1) is 0 Å². The zero-order valence-electron chi connectivity index (χ0n) is 6.64. The van der Waals surface area contributed by atoms with Crippen molar-refractivity contribution in [2.45, 2.75) is 26.2 Å². The van der Waals surface area contributed by atoms with Crippen LogP contribution in [0.15, 0.2) is 0 Å². The molecule has 0 aromatic carbocycles. The monoisotopic (exact) mass is 143 g/mol. The van der Waals surface area contributed by atoms with Gasteiger partial charge in [-0.3, -0.25) is 0 Å². The molecule has 1 unspecified atom stereocenters. The van der Waals surface area contributed by atoms with Crippen molar-refractivity contribution in [1.82, 2.24) is 0 Å². The fraction of sp³-hybridized carbons (Fsp3) is 1.00. The van der Waals surface area contributed by atoms with Crippen LogP contribution in [0.3, 0.4) is 0 Å². The van der Waals surface area contributed by atoms with Crippen LogP contribution in [0.25, 0.3) is 0 Å². The molecule has 1 atom stereocenters. The van der Waals surface area contributed by atoms with Crippen LogP contribution in [0.1, 0.15) is 26.2 Å². The number of aliphatic hydroxyl groups excluding tert-OH is 1. The van der Waals surface area contributed by atoms with Crippen molar-refractivity contribution in [2.24, 2.45) is 17.1 Å². The molecule has 1 aliphatic rings. The van der Waals surface area contributed by atoms with Crippen molar-refractivity contribution in [3.05, 3.63) is 0 Å². The maximum Gasteiger partial charge on any atom is 0.0487 e. The highest BCUT2D eigenvalue weighted by molar-refractivity contribution is 4.90. The predicted octanol–water partition coefficient (Wildman–Crippen LogP) is 0.744. The second-order valence-electron chi connectivity index (χ2n) is 3.63. The van der Waals surface area contributed by atoms with E-state index < -0.39 is 0 Å². The van der Waals surface area contributed by atoms with Gasteiger partial charge in [0, 0.05) is 6.61 Å². The third-order valence-corrected chi connectivity index (χ3v) is 2.64. The molecule has 0 heterocycles. The smallest absolute Gasteiger partial charge is 0.0487 e. The fourth-order valence-corrected chi connectivity index (χ4v) is 1.52. The zero-order chi connectivity index (χ0) is 7.61. The summed E-state index contributed by atoms with van der Waals surface area (Å²) in [5.41, 5.74) is 5.58. The Kier molecular flexibility index (Phi) is 2.32. The normalized spacial score (nSPS) is 24.3. The van der Waals surface area contributed by atoms with Crippen LogP contribution in [0, 0.1) is 11.3 Å². The molecule has 0 radical (unpaired) electrons. The molecule has 1 saturated carbocycles. The Morgan fingerprint density at radius 1 is 1.60 bits per heavy atom. The van der Waals surface area contributed by atoms with E-state index in [4.69, 9.17) is 10.8 Å². The number of nitrogens with two attached hydrogens (primary N) is 1. The Morgan fingerprint density at radius 3 is 2.50 bits per heavy atom. The fourth-order valence-electron chi connectivity index (χ4n) is 1.52. The van der Waals surface area contributed by atoms with Gasteiger partial charge in [-0.2, -0.15) is 0 Å². The molecule has 3 N–H and O–H groups in total. The van der Waals surface area contributed by atoms with E-state index in [0.717, 1.165) is 12.3 Å². The van der Waals surface area contributed by atoms with Gasteiger partial charge in [-0.05, 0) is 37.1 Å². The summed E-state index contributed by atoms with van der Waals surface area (Å²) in [6.45, 7) is 3.14. The highest BCUT2D eigenvalue weighted by atomic mass is 16.3. The summed E-state index contributed by atoms with van der Waals surface area (Å²) in [7, 11) is 0. The highest BCUT2D eigenvalue weighted by Crippen LogP contribution is 2.46. The van der Waals surface area contributed by atoms with Gasteiger partial charge < -0.3 is 10.8 Å². The molecular weight excluding hydrogens is 126 g/mol. The van der Waals surface area contributed by atoms with Crippen LogP contribution in [0.2, 0.25) is 0 Å². The maximum atomic E-state index is 9.07. The summed E-state index contributed by atoms with van der Waals surface area (Å²) in [6.07, 6.45) is 3.54. The van der Waals surface area contributed by atoms with Gasteiger partial charge >= 0.3 is 0 Å². The first-order valence-electron chi connectivity index (χ1n) is 4.04. The first-order valence-corrected chi connectivity index (χ1v) is 4.04. The third-order valence-electron chi connectivity index (χ3n) is 2.64. The quantitative estimate of drug-likeness (QED) is 0.610. The second kappa shape index (κ2) is 2.89. The van der Waals surface area contributed by atoms with E-state index in [0.29, 0.717) is 13.2 Å². The van der Waals surface area contributed by atoms with Crippen LogP contribution in [-0.2, 0) is 0 Å². The molecule has 60 valence electrons. The number of hydrogen-bond acceptors (Lipinski definition) is 2. The Hall–Kier alpha value is -0.0800. The van der Waals surface area contributed by atoms with Crippen molar-refractivity contribution in [1.29, 1.82) is 0 Å². The van der Waals surface area contributed by atoms with E-state index >= 15 is 0 Å². The summed E-state index contributed by atoms with van der Waals surface area (Å²) in [6, 6.07) is 0. The summed E-state index contributed by atoms with van der Waals surface area (Å²) in [5.74, 6) is 0.751. The Labute approximate surface area is 62.4 Å². The maximum absolute atomic E-state index is 9.07. The molecule has 0 aliphatic heterocycles. The van der Waals surface area contributed by atoms with E-state index in [2.05, 4.69) is 6.92 Å². The molecular formula is C8H17NO. The zero-order valence-corrected chi connectivity index (χ0v) is 6.64. The Bertz CT molecular complexity index is 112. The lowest BCUT2D eigenvalue weighted by Crippen LogP contribution is -2.27. The molecule has 2 nitrogen and oxygen atoms in total. The summed E-state index contributed by atoms with van der Waals surface area (Å²) >= 11 is 0. The minimum Gasteiger partial charge on any atom is -0.396 e. The van der Waals surface area contributed by atoms with Crippen LogP contribution in [-0.4, -0.2) is 18.3 Å². The number of hydrogen-bond donors (Lipinski definition) is 2. The van der Waals surface area contributed by atoms with Crippen molar-refractivity contribution in [3.8, 4) is 0 Å². The molecule has 0 saturated heterocycles. The van der Waals surface area contributed by atoms with Gasteiger partial charge in [0.15, 0.2) is 0 Å². The van der Waals surface area contributed by atoms with E-state index in [-0.39, 0.29) is 5.41 Å². The SMILES string of the molecule is CC(CO)(CCN)C1CC1. The molecule has 1 fully saturated rings. The average molecular weight is 143 g/mol. The van der Waals surface area contributed by atoms with Gasteiger partial charge in [-0.25, -0.2) is 0 Å². The molecule has 0 spiro atoms. The molecule has 0 bridgehead atoms. The van der Waals surface area contributed by atoms with Gasteiger partial charge in [-0.1, -0.05) is 6.92 Å². The standard InChI is InChI=1S/C8H17NO/c1-8(6-10,4-5-9)7-2-3-7/h7,10H,2-6,9H2,1H3. The van der Waals surface area contributed by atoms with Gasteiger partial charge in [0.2, 0.25) is 0 Å². The minimum atomic E-state index is 0.134. The third kappa shape index (κ3) is 1.50. The summed E-state index contributed by atoms with van der Waals surface area (Å²) in [4.78, 5) is 0. The van der Waals surface area contributed by atoms with Crippen molar-refractivity contribution in [3.63, 3.8) is 0 Å². The lowest BCUT2D eigenvalue weighted by Gasteiger charge is -2.26. The second-order valence-corrected chi connectivity index (χ2v) is 3.63.